The molecule has 0 bridgehead atoms. The number of aromatic nitrogens is 4. The first kappa shape index (κ1) is 15.9. The zero-order chi connectivity index (χ0) is 16.4. The Labute approximate surface area is 133 Å². The standard InChI is InChI=1S/C15H21N5O3/c1-9(6-21)3-4-16-13-12-14(18-7-17-13)20(8-19-12)15-11(22)5-10(2)23-15/h3,7-8,10-11,15,21-22H,4-6H2,1-2H3,(H,16,17,18)/b9-3-/t10-,11-,15-/m1/s1. The normalized spacial score (nSPS) is 25.2. The van der Waals surface area contributed by atoms with Crippen molar-refractivity contribution in [3.63, 3.8) is 0 Å². The van der Waals surface area contributed by atoms with Gasteiger partial charge in [0.1, 0.15) is 12.4 Å². The van der Waals surface area contributed by atoms with E-state index in [1.165, 1.54) is 6.33 Å². The van der Waals surface area contributed by atoms with E-state index in [0.717, 1.165) is 5.57 Å². The summed E-state index contributed by atoms with van der Waals surface area (Å²) < 4.78 is 7.49. The Morgan fingerprint density at radius 3 is 3.00 bits per heavy atom. The molecule has 0 aliphatic carbocycles. The number of anilines is 1. The van der Waals surface area contributed by atoms with Gasteiger partial charge in [-0.2, -0.15) is 0 Å². The van der Waals surface area contributed by atoms with E-state index in [0.29, 0.717) is 29.9 Å². The molecule has 2 aromatic rings. The number of aliphatic hydroxyl groups is 2. The molecule has 1 fully saturated rings. The fourth-order valence-electron chi connectivity index (χ4n) is 2.65. The molecular formula is C15H21N5O3. The van der Waals surface area contributed by atoms with Crippen molar-refractivity contribution in [3.8, 4) is 0 Å². The predicted octanol–water partition coefficient (Wildman–Crippen LogP) is 0.845. The van der Waals surface area contributed by atoms with E-state index in [9.17, 15) is 5.11 Å². The third-order valence-electron chi connectivity index (χ3n) is 3.88. The van der Waals surface area contributed by atoms with Crippen LogP contribution in [0.15, 0.2) is 24.3 Å². The van der Waals surface area contributed by atoms with E-state index in [-0.39, 0.29) is 12.7 Å². The van der Waals surface area contributed by atoms with Crippen molar-refractivity contribution < 1.29 is 14.9 Å². The summed E-state index contributed by atoms with van der Waals surface area (Å²) in [4.78, 5) is 12.8. The molecule has 23 heavy (non-hydrogen) atoms. The third kappa shape index (κ3) is 3.19. The molecular weight excluding hydrogens is 298 g/mol. The molecule has 3 heterocycles. The second-order valence-corrected chi connectivity index (χ2v) is 5.78. The molecule has 0 amide bonds. The van der Waals surface area contributed by atoms with Gasteiger partial charge in [-0.3, -0.25) is 4.57 Å². The summed E-state index contributed by atoms with van der Waals surface area (Å²) in [5.74, 6) is 0.608. The lowest BCUT2D eigenvalue weighted by Gasteiger charge is -2.16. The Bertz CT molecular complexity index is 714. The molecule has 2 aromatic heterocycles. The maximum atomic E-state index is 10.1. The molecule has 3 N–H and O–H groups in total. The highest BCUT2D eigenvalue weighted by molar-refractivity contribution is 5.82. The second-order valence-electron chi connectivity index (χ2n) is 5.78. The van der Waals surface area contributed by atoms with E-state index in [2.05, 4.69) is 20.3 Å². The van der Waals surface area contributed by atoms with E-state index in [1.54, 1.807) is 10.9 Å². The van der Waals surface area contributed by atoms with Gasteiger partial charge in [-0.15, -0.1) is 0 Å². The predicted molar refractivity (Wildman–Crippen MR) is 84.9 cm³/mol. The van der Waals surface area contributed by atoms with Crippen LogP contribution < -0.4 is 5.32 Å². The maximum Gasteiger partial charge on any atom is 0.167 e. The van der Waals surface area contributed by atoms with Crippen molar-refractivity contribution in [3.05, 3.63) is 24.3 Å². The number of aliphatic hydroxyl groups excluding tert-OH is 2. The minimum Gasteiger partial charge on any atom is -0.392 e. The number of hydrogen-bond acceptors (Lipinski definition) is 7. The molecule has 0 unspecified atom stereocenters. The summed E-state index contributed by atoms with van der Waals surface area (Å²) in [6, 6.07) is 0. The Kier molecular flexibility index (Phi) is 4.56. The van der Waals surface area contributed by atoms with E-state index >= 15 is 0 Å². The van der Waals surface area contributed by atoms with Gasteiger partial charge in [0, 0.05) is 13.0 Å². The lowest BCUT2D eigenvalue weighted by atomic mass is 10.2. The molecule has 8 nitrogen and oxygen atoms in total. The first-order valence-electron chi connectivity index (χ1n) is 7.61. The summed E-state index contributed by atoms with van der Waals surface area (Å²) >= 11 is 0. The van der Waals surface area contributed by atoms with Crippen LogP contribution in [0.5, 0.6) is 0 Å². The Hall–Kier alpha value is -2.03. The first-order chi connectivity index (χ1) is 11.1. The fourth-order valence-corrected chi connectivity index (χ4v) is 2.65. The van der Waals surface area contributed by atoms with Crippen LogP contribution in [0, 0.1) is 0 Å². The molecule has 0 aromatic carbocycles. The van der Waals surface area contributed by atoms with E-state index in [1.807, 2.05) is 19.9 Å². The molecule has 124 valence electrons. The molecule has 3 atom stereocenters. The quantitative estimate of drug-likeness (QED) is 0.701. The van der Waals surface area contributed by atoms with Gasteiger partial charge in [0.05, 0.1) is 19.0 Å². The Balaban J connectivity index is 1.86. The average Bonchev–Trinajstić information content (AvgIpc) is 3.10. The summed E-state index contributed by atoms with van der Waals surface area (Å²) in [6.07, 6.45) is 4.49. The number of hydrogen-bond donors (Lipinski definition) is 3. The van der Waals surface area contributed by atoms with Gasteiger partial charge in [-0.1, -0.05) is 11.6 Å². The largest absolute Gasteiger partial charge is 0.392 e. The van der Waals surface area contributed by atoms with Crippen molar-refractivity contribution >= 4 is 17.0 Å². The summed E-state index contributed by atoms with van der Waals surface area (Å²) in [5, 5.41) is 22.3. The van der Waals surface area contributed by atoms with Crippen LogP contribution >= 0.6 is 0 Å². The van der Waals surface area contributed by atoms with Crippen molar-refractivity contribution in [2.75, 3.05) is 18.5 Å². The second kappa shape index (κ2) is 6.61. The van der Waals surface area contributed by atoms with Gasteiger partial charge >= 0.3 is 0 Å². The summed E-state index contributed by atoms with van der Waals surface area (Å²) in [6.45, 7) is 4.35. The minimum absolute atomic E-state index is 0.00141. The average molecular weight is 319 g/mol. The van der Waals surface area contributed by atoms with Crippen molar-refractivity contribution in [1.82, 2.24) is 19.5 Å². The minimum atomic E-state index is -0.580. The monoisotopic (exact) mass is 319 g/mol. The number of nitrogens with one attached hydrogen (secondary N) is 1. The highest BCUT2D eigenvalue weighted by Gasteiger charge is 2.34. The van der Waals surface area contributed by atoms with Gasteiger partial charge < -0.3 is 20.3 Å². The highest BCUT2D eigenvalue weighted by Crippen LogP contribution is 2.31. The van der Waals surface area contributed by atoms with Gasteiger partial charge in [0.25, 0.3) is 0 Å². The van der Waals surface area contributed by atoms with Gasteiger partial charge in [0.15, 0.2) is 23.2 Å². The van der Waals surface area contributed by atoms with Crippen LogP contribution in [0.1, 0.15) is 26.5 Å². The zero-order valence-electron chi connectivity index (χ0n) is 13.2. The number of fused-ring (bicyclic) bond motifs is 1. The molecule has 0 saturated carbocycles. The number of ether oxygens (including phenoxy) is 1. The molecule has 0 radical (unpaired) electrons. The molecule has 8 heteroatoms. The Morgan fingerprint density at radius 2 is 2.30 bits per heavy atom. The zero-order valence-corrected chi connectivity index (χ0v) is 13.2. The summed E-state index contributed by atoms with van der Waals surface area (Å²) in [5.41, 5.74) is 2.12. The first-order valence-corrected chi connectivity index (χ1v) is 7.61. The molecule has 3 rings (SSSR count). The molecule has 1 aliphatic heterocycles. The number of nitrogens with zero attached hydrogens (tertiary/aromatic N) is 4. The van der Waals surface area contributed by atoms with Gasteiger partial charge in [-0.05, 0) is 13.8 Å². The third-order valence-corrected chi connectivity index (χ3v) is 3.88. The maximum absolute atomic E-state index is 10.1. The Morgan fingerprint density at radius 1 is 1.48 bits per heavy atom. The van der Waals surface area contributed by atoms with Crippen molar-refractivity contribution in [1.29, 1.82) is 0 Å². The summed E-state index contributed by atoms with van der Waals surface area (Å²) in [7, 11) is 0. The SMILES string of the molecule is C/C(=C/CNc1ncnc2c1ncn2[C@@H]1O[C@H](C)C[C@H]1O)CO. The molecule has 1 saturated heterocycles. The smallest absolute Gasteiger partial charge is 0.167 e. The van der Waals surface area contributed by atoms with Crippen LogP contribution in [0.2, 0.25) is 0 Å². The van der Waals surface area contributed by atoms with E-state index < -0.39 is 12.3 Å². The van der Waals surface area contributed by atoms with Crippen LogP contribution in [0.3, 0.4) is 0 Å². The lowest BCUT2D eigenvalue weighted by Crippen LogP contribution is -2.19. The number of imidazole rings is 1. The van der Waals surface area contributed by atoms with Crippen LogP contribution in [0.4, 0.5) is 5.82 Å². The topological polar surface area (TPSA) is 105 Å². The van der Waals surface area contributed by atoms with Crippen molar-refractivity contribution in [2.45, 2.75) is 38.7 Å². The van der Waals surface area contributed by atoms with Gasteiger partial charge in [0.2, 0.25) is 0 Å². The van der Waals surface area contributed by atoms with Crippen LogP contribution in [0.25, 0.3) is 11.2 Å². The fraction of sp³-hybridized carbons (Fsp3) is 0.533. The van der Waals surface area contributed by atoms with E-state index in [4.69, 9.17) is 9.84 Å². The molecule has 1 aliphatic rings. The highest BCUT2D eigenvalue weighted by atomic mass is 16.5. The van der Waals surface area contributed by atoms with Crippen LogP contribution in [-0.4, -0.2) is 55.1 Å². The number of rotatable bonds is 5. The van der Waals surface area contributed by atoms with Crippen LogP contribution in [-0.2, 0) is 4.74 Å². The van der Waals surface area contributed by atoms with Gasteiger partial charge in [-0.25, -0.2) is 15.0 Å². The lowest BCUT2D eigenvalue weighted by molar-refractivity contribution is -0.0297. The molecule has 0 spiro atoms. The van der Waals surface area contributed by atoms with Crippen molar-refractivity contribution in [2.24, 2.45) is 0 Å².